The molecule has 0 saturated heterocycles. The number of carbonyl (C=O) groups excluding carboxylic acids is 2. The first-order chi connectivity index (χ1) is 16.3. The van der Waals surface area contributed by atoms with Crippen LogP contribution in [0.5, 0.6) is 5.75 Å². The van der Waals surface area contributed by atoms with Crippen LogP contribution in [-0.4, -0.2) is 25.5 Å². The van der Waals surface area contributed by atoms with Crippen LogP contribution in [0.1, 0.15) is 56.6 Å². The van der Waals surface area contributed by atoms with Gasteiger partial charge in [-0.1, -0.05) is 38.1 Å². The molecule has 0 radical (unpaired) electrons. The third-order valence-electron chi connectivity index (χ3n) is 6.39. The van der Waals surface area contributed by atoms with E-state index in [2.05, 4.69) is 5.32 Å². The molecule has 178 valence electrons. The molecule has 1 aliphatic heterocycles. The number of halogens is 1. The molecule has 0 bridgehead atoms. The van der Waals surface area contributed by atoms with Crippen molar-refractivity contribution < 1.29 is 23.5 Å². The molecule has 0 saturated carbocycles. The van der Waals surface area contributed by atoms with Crippen molar-refractivity contribution in [1.82, 2.24) is 5.32 Å². The summed E-state index contributed by atoms with van der Waals surface area (Å²) in [5.41, 5.74) is 4.20. The third-order valence-corrected chi connectivity index (χ3v) is 6.39. The number of Topliss-reactive ketones (excluding diaryl/α,β-unsaturated/α-hetero) is 1. The Morgan fingerprint density at radius 1 is 1.06 bits per heavy atom. The summed E-state index contributed by atoms with van der Waals surface area (Å²) in [5.74, 6) is -0.480. The van der Waals surface area contributed by atoms with Gasteiger partial charge in [-0.05, 0) is 60.6 Å². The van der Waals surface area contributed by atoms with Crippen LogP contribution >= 0.6 is 0 Å². The number of hydrogen-bond acceptors (Lipinski definition) is 5. The Bertz CT molecular complexity index is 1150. The number of carbonyl (C=O) groups is 2. The van der Waals surface area contributed by atoms with Crippen molar-refractivity contribution in [3.63, 3.8) is 0 Å². The fourth-order valence-electron chi connectivity index (χ4n) is 4.73. The number of dihydropyridines is 1. The number of esters is 1. The van der Waals surface area contributed by atoms with E-state index in [0.29, 0.717) is 35.2 Å². The predicted octanol–water partition coefficient (Wildman–Crippen LogP) is 5.40. The summed E-state index contributed by atoms with van der Waals surface area (Å²) >= 11 is 0. The van der Waals surface area contributed by atoms with Crippen LogP contribution in [0.3, 0.4) is 0 Å². The topological polar surface area (TPSA) is 64.6 Å². The van der Waals surface area contributed by atoms with Gasteiger partial charge in [0.2, 0.25) is 0 Å². The molecule has 2 aromatic carbocycles. The zero-order chi connectivity index (χ0) is 24.4. The van der Waals surface area contributed by atoms with Gasteiger partial charge >= 0.3 is 5.97 Å². The quantitative estimate of drug-likeness (QED) is 0.582. The Hall–Kier alpha value is -3.41. The van der Waals surface area contributed by atoms with Crippen molar-refractivity contribution in [2.75, 3.05) is 13.7 Å². The summed E-state index contributed by atoms with van der Waals surface area (Å²) in [7, 11) is 1.62. The van der Waals surface area contributed by atoms with Crippen molar-refractivity contribution >= 4 is 11.8 Å². The summed E-state index contributed by atoms with van der Waals surface area (Å²) in [4.78, 5) is 26.7. The van der Waals surface area contributed by atoms with E-state index in [1.807, 2.05) is 45.0 Å². The SMILES string of the molecule is COc1ccc([C@@H]2CC(=O)C3=C(C2)NC(C)=C(C(=O)OCC(C)C)[C@@H]3c2ccc(F)cc2)cc1. The van der Waals surface area contributed by atoms with E-state index in [1.54, 1.807) is 19.2 Å². The lowest BCUT2D eigenvalue weighted by molar-refractivity contribution is -0.140. The summed E-state index contributed by atoms with van der Waals surface area (Å²) in [6.07, 6.45) is 0.967. The number of nitrogens with one attached hydrogen (secondary N) is 1. The Morgan fingerprint density at radius 2 is 1.71 bits per heavy atom. The van der Waals surface area contributed by atoms with E-state index in [9.17, 15) is 14.0 Å². The molecule has 1 heterocycles. The highest BCUT2D eigenvalue weighted by Crippen LogP contribution is 2.45. The maximum atomic E-state index is 13.7. The van der Waals surface area contributed by atoms with Crippen molar-refractivity contribution in [3.8, 4) is 5.75 Å². The summed E-state index contributed by atoms with van der Waals surface area (Å²) < 4.78 is 24.5. The zero-order valence-electron chi connectivity index (χ0n) is 20.0. The molecule has 1 aliphatic carbocycles. The van der Waals surface area contributed by atoms with Gasteiger partial charge in [-0.25, -0.2) is 9.18 Å². The van der Waals surface area contributed by atoms with Crippen molar-refractivity contribution in [3.05, 3.63) is 88.0 Å². The molecular weight excluding hydrogens is 433 g/mol. The molecule has 6 heteroatoms. The monoisotopic (exact) mass is 463 g/mol. The highest BCUT2D eigenvalue weighted by atomic mass is 19.1. The maximum Gasteiger partial charge on any atom is 0.336 e. The Morgan fingerprint density at radius 3 is 2.32 bits per heavy atom. The maximum absolute atomic E-state index is 13.7. The summed E-state index contributed by atoms with van der Waals surface area (Å²) in [5, 5.41) is 3.34. The van der Waals surface area contributed by atoms with Gasteiger partial charge in [0.25, 0.3) is 0 Å². The molecule has 0 fully saturated rings. The van der Waals surface area contributed by atoms with Gasteiger partial charge in [0.15, 0.2) is 5.78 Å². The molecular formula is C28H30FNO4. The van der Waals surface area contributed by atoms with Gasteiger partial charge in [-0.15, -0.1) is 0 Å². The van der Waals surface area contributed by atoms with Crippen LogP contribution < -0.4 is 10.1 Å². The number of rotatable bonds is 6. The number of methoxy groups -OCH3 is 1. The second-order valence-corrected chi connectivity index (χ2v) is 9.33. The standard InChI is InChI=1S/C28H30FNO4/c1-16(2)15-34-28(32)25-17(3)30-23-13-20(18-7-11-22(33-4)12-8-18)14-24(31)27(23)26(25)19-5-9-21(29)10-6-19/h5-12,16,20,26,30H,13-15H2,1-4H3/t20-,26-/m0/s1. The molecule has 0 unspecified atom stereocenters. The average Bonchev–Trinajstić information content (AvgIpc) is 2.82. The second-order valence-electron chi connectivity index (χ2n) is 9.33. The molecule has 2 aromatic rings. The lowest BCUT2D eigenvalue weighted by atomic mass is 9.71. The largest absolute Gasteiger partial charge is 0.497 e. The molecule has 2 atom stereocenters. The smallest absolute Gasteiger partial charge is 0.336 e. The van der Waals surface area contributed by atoms with Crippen LogP contribution in [0, 0.1) is 11.7 Å². The number of ether oxygens (including phenoxy) is 2. The van der Waals surface area contributed by atoms with Crippen molar-refractivity contribution in [1.29, 1.82) is 0 Å². The molecule has 5 nitrogen and oxygen atoms in total. The third kappa shape index (κ3) is 4.76. The van der Waals surface area contributed by atoms with Crippen molar-refractivity contribution in [2.45, 2.75) is 45.4 Å². The molecule has 2 aliphatic rings. The van der Waals surface area contributed by atoms with Crippen LogP contribution in [0.25, 0.3) is 0 Å². The summed E-state index contributed by atoms with van der Waals surface area (Å²) in [6.45, 7) is 6.05. The first-order valence-corrected chi connectivity index (χ1v) is 11.6. The van der Waals surface area contributed by atoms with E-state index in [0.717, 1.165) is 17.0 Å². The van der Waals surface area contributed by atoms with Crippen LogP contribution in [0.2, 0.25) is 0 Å². The van der Waals surface area contributed by atoms with Crippen LogP contribution in [0.15, 0.2) is 71.1 Å². The van der Waals surface area contributed by atoms with Crippen LogP contribution in [-0.2, 0) is 14.3 Å². The molecule has 0 amide bonds. The lowest BCUT2D eigenvalue weighted by Crippen LogP contribution is -2.36. The van der Waals surface area contributed by atoms with Gasteiger partial charge in [0, 0.05) is 29.3 Å². The second kappa shape index (κ2) is 9.84. The number of allylic oxidation sites excluding steroid dienone is 3. The first kappa shape index (κ1) is 23.7. The highest BCUT2D eigenvalue weighted by molar-refractivity contribution is 6.04. The van der Waals surface area contributed by atoms with Gasteiger partial charge < -0.3 is 14.8 Å². The Balaban J connectivity index is 1.73. The van der Waals surface area contributed by atoms with E-state index in [4.69, 9.17) is 9.47 Å². The van der Waals surface area contributed by atoms with Gasteiger partial charge in [0.1, 0.15) is 11.6 Å². The zero-order valence-corrected chi connectivity index (χ0v) is 20.0. The van der Waals surface area contributed by atoms with E-state index in [1.165, 1.54) is 12.1 Å². The lowest BCUT2D eigenvalue weighted by Gasteiger charge is -2.36. The fourth-order valence-corrected chi connectivity index (χ4v) is 4.73. The number of hydrogen-bond donors (Lipinski definition) is 1. The summed E-state index contributed by atoms with van der Waals surface area (Å²) in [6, 6.07) is 13.8. The highest BCUT2D eigenvalue weighted by Gasteiger charge is 2.41. The Kier molecular flexibility index (Phi) is 6.87. The van der Waals surface area contributed by atoms with Crippen LogP contribution in [0.4, 0.5) is 4.39 Å². The minimum Gasteiger partial charge on any atom is -0.497 e. The van der Waals surface area contributed by atoms with Gasteiger partial charge in [0.05, 0.1) is 19.3 Å². The number of ketones is 1. The van der Waals surface area contributed by atoms with E-state index in [-0.39, 0.29) is 30.0 Å². The van der Waals surface area contributed by atoms with E-state index >= 15 is 0 Å². The van der Waals surface area contributed by atoms with Gasteiger partial charge in [-0.2, -0.15) is 0 Å². The van der Waals surface area contributed by atoms with E-state index < -0.39 is 11.9 Å². The molecule has 1 N–H and O–H groups in total. The number of benzene rings is 2. The molecule has 4 rings (SSSR count). The molecule has 0 aromatic heterocycles. The normalized spacial score (nSPS) is 20.2. The molecule has 34 heavy (non-hydrogen) atoms. The minimum atomic E-state index is -0.596. The predicted molar refractivity (Wildman–Crippen MR) is 128 cm³/mol. The van der Waals surface area contributed by atoms with Crippen molar-refractivity contribution in [2.24, 2.45) is 5.92 Å². The average molecular weight is 464 g/mol. The fraction of sp³-hybridized carbons (Fsp3) is 0.357. The Labute approximate surface area is 199 Å². The van der Waals surface area contributed by atoms with Gasteiger partial charge in [-0.3, -0.25) is 4.79 Å². The first-order valence-electron chi connectivity index (χ1n) is 11.6. The molecule has 0 spiro atoms. The minimum absolute atomic E-state index is 0.0146.